The maximum Gasteiger partial charge on any atom is 0.203 e. The minimum absolute atomic E-state index is 0.570. The standard InChI is InChI=1S/C18H21NO4.C2H6/c1-20-15-8-7-12(9-14(15)19)5-6-13-10-16(21-2)18(23-4)17(11-13)22-3;1-2/h5-11H,19H2,1-4H3;1-2H3/b6-5-;. The van der Waals surface area contributed by atoms with E-state index in [1.165, 1.54) is 0 Å². The summed E-state index contributed by atoms with van der Waals surface area (Å²) in [6.07, 6.45) is 3.90. The lowest BCUT2D eigenvalue weighted by Gasteiger charge is -2.12. The lowest BCUT2D eigenvalue weighted by Crippen LogP contribution is -1.95. The maximum atomic E-state index is 5.91. The number of methoxy groups -OCH3 is 4. The quantitative estimate of drug-likeness (QED) is 0.617. The molecule has 0 aliphatic rings. The van der Waals surface area contributed by atoms with Gasteiger partial charge in [0.05, 0.1) is 34.1 Å². The number of nitrogen functional groups attached to an aromatic ring is 1. The van der Waals surface area contributed by atoms with Crippen molar-refractivity contribution in [2.24, 2.45) is 0 Å². The first-order valence-electron chi connectivity index (χ1n) is 8.04. The largest absolute Gasteiger partial charge is 0.495 e. The van der Waals surface area contributed by atoms with Crippen molar-refractivity contribution in [2.75, 3.05) is 34.2 Å². The zero-order valence-corrected chi connectivity index (χ0v) is 15.8. The van der Waals surface area contributed by atoms with Crippen molar-refractivity contribution >= 4 is 17.8 Å². The summed E-state index contributed by atoms with van der Waals surface area (Å²) < 4.78 is 21.2. The number of nitrogens with two attached hydrogens (primary N) is 1. The molecule has 2 rings (SSSR count). The molecule has 0 heterocycles. The molecule has 0 radical (unpaired) electrons. The summed E-state index contributed by atoms with van der Waals surface area (Å²) in [5, 5.41) is 0. The van der Waals surface area contributed by atoms with Gasteiger partial charge in [-0.05, 0) is 35.4 Å². The van der Waals surface area contributed by atoms with Crippen LogP contribution in [0.15, 0.2) is 30.3 Å². The second-order valence-corrected chi connectivity index (χ2v) is 4.79. The van der Waals surface area contributed by atoms with Gasteiger partial charge >= 0.3 is 0 Å². The second-order valence-electron chi connectivity index (χ2n) is 4.79. The molecule has 25 heavy (non-hydrogen) atoms. The highest BCUT2D eigenvalue weighted by atomic mass is 16.5. The van der Waals surface area contributed by atoms with Crippen molar-refractivity contribution in [1.29, 1.82) is 0 Å². The molecule has 2 aromatic carbocycles. The lowest BCUT2D eigenvalue weighted by atomic mass is 10.1. The fraction of sp³-hybridized carbons (Fsp3) is 0.300. The van der Waals surface area contributed by atoms with Crippen LogP contribution in [-0.4, -0.2) is 28.4 Å². The number of ether oxygens (including phenoxy) is 4. The van der Waals surface area contributed by atoms with Crippen LogP contribution in [0.1, 0.15) is 25.0 Å². The topological polar surface area (TPSA) is 62.9 Å². The molecule has 0 saturated carbocycles. The summed E-state index contributed by atoms with van der Waals surface area (Å²) in [5.74, 6) is 2.46. The minimum Gasteiger partial charge on any atom is -0.495 e. The van der Waals surface area contributed by atoms with Crippen molar-refractivity contribution in [2.45, 2.75) is 13.8 Å². The van der Waals surface area contributed by atoms with E-state index in [1.807, 2.05) is 56.3 Å². The Morgan fingerprint density at radius 3 is 1.64 bits per heavy atom. The first-order chi connectivity index (χ1) is 12.1. The molecule has 0 aliphatic carbocycles. The molecule has 0 unspecified atom stereocenters. The number of rotatable bonds is 6. The van der Waals surface area contributed by atoms with Crippen LogP contribution >= 0.6 is 0 Å². The van der Waals surface area contributed by atoms with Crippen LogP contribution in [0.2, 0.25) is 0 Å². The van der Waals surface area contributed by atoms with Crippen LogP contribution in [0.3, 0.4) is 0 Å². The number of hydrogen-bond donors (Lipinski definition) is 1. The summed E-state index contributed by atoms with van der Waals surface area (Å²) in [5.41, 5.74) is 8.41. The van der Waals surface area contributed by atoms with E-state index in [4.69, 9.17) is 24.7 Å². The van der Waals surface area contributed by atoms with Gasteiger partial charge < -0.3 is 24.7 Å². The summed E-state index contributed by atoms with van der Waals surface area (Å²) in [4.78, 5) is 0. The monoisotopic (exact) mass is 345 g/mol. The minimum atomic E-state index is 0.570. The first-order valence-corrected chi connectivity index (χ1v) is 8.04. The van der Waals surface area contributed by atoms with E-state index < -0.39 is 0 Å². The Balaban J connectivity index is 0.00000151. The molecule has 0 bridgehead atoms. The average molecular weight is 345 g/mol. The summed E-state index contributed by atoms with van der Waals surface area (Å²) in [6.45, 7) is 4.00. The predicted octanol–water partition coefficient (Wildman–Crippen LogP) is 4.50. The van der Waals surface area contributed by atoms with Gasteiger partial charge in [-0.15, -0.1) is 0 Å². The van der Waals surface area contributed by atoms with Gasteiger partial charge in [0.1, 0.15) is 5.75 Å². The van der Waals surface area contributed by atoms with E-state index in [-0.39, 0.29) is 0 Å². The van der Waals surface area contributed by atoms with E-state index in [2.05, 4.69) is 0 Å². The predicted molar refractivity (Wildman–Crippen MR) is 104 cm³/mol. The van der Waals surface area contributed by atoms with Gasteiger partial charge in [-0.25, -0.2) is 0 Å². The molecule has 0 aliphatic heterocycles. The van der Waals surface area contributed by atoms with Crippen LogP contribution in [0, 0.1) is 0 Å². The van der Waals surface area contributed by atoms with Crippen LogP contribution in [0.5, 0.6) is 23.0 Å². The molecule has 0 amide bonds. The van der Waals surface area contributed by atoms with Crippen molar-refractivity contribution in [3.63, 3.8) is 0 Å². The third kappa shape index (κ3) is 5.08. The van der Waals surface area contributed by atoms with Gasteiger partial charge in [-0.2, -0.15) is 0 Å². The third-order valence-corrected chi connectivity index (χ3v) is 3.41. The SMILES string of the molecule is CC.COc1ccc(/C=C\c2cc(OC)c(OC)c(OC)c2)cc1N. The highest BCUT2D eigenvalue weighted by Crippen LogP contribution is 2.38. The van der Waals surface area contributed by atoms with Crippen molar-refractivity contribution in [3.05, 3.63) is 41.5 Å². The first kappa shape index (κ1) is 20.2. The molecule has 136 valence electrons. The van der Waals surface area contributed by atoms with Gasteiger partial charge in [0.2, 0.25) is 5.75 Å². The fourth-order valence-corrected chi connectivity index (χ4v) is 2.25. The van der Waals surface area contributed by atoms with E-state index >= 15 is 0 Å². The van der Waals surface area contributed by atoms with Crippen LogP contribution in [-0.2, 0) is 0 Å². The molecule has 0 atom stereocenters. The molecule has 0 spiro atoms. The normalized spacial score (nSPS) is 10.0. The molecule has 0 saturated heterocycles. The van der Waals surface area contributed by atoms with Gasteiger partial charge in [0.25, 0.3) is 0 Å². The molecular formula is C20H27NO4. The summed E-state index contributed by atoms with van der Waals surface area (Å²) in [6, 6.07) is 9.39. The molecule has 5 nitrogen and oxygen atoms in total. The van der Waals surface area contributed by atoms with Crippen LogP contribution in [0.25, 0.3) is 12.2 Å². The molecule has 5 heteroatoms. The molecule has 2 aromatic rings. The van der Waals surface area contributed by atoms with Gasteiger partial charge in [-0.1, -0.05) is 32.1 Å². The average Bonchev–Trinajstić information content (AvgIpc) is 2.67. The van der Waals surface area contributed by atoms with Gasteiger partial charge in [-0.3, -0.25) is 0 Å². The van der Waals surface area contributed by atoms with Gasteiger partial charge in [0, 0.05) is 0 Å². The Bertz CT molecular complexity index is 686. The Morgan fingerprint density at radius 2 is 1.20 bits per heavy atom. The zero-order chi connectivity index (χ0) is 18.8. The Morgan fingerprint density at radius 1 is 0.680 bits per heavy atom. The molecule has 2 N–H and O–H groups in total. The smallest absolute Gasteiger partial charge is 0.203 e. The van der Waals surface area contributed by atoms with Crippen LogP contribution < -0.4 is 24.7 Å². The Labute approximate surface area is 150 Å². The van der Waals surface area contributed by atoms with Crippen molar-refractivity contribution < 1.29 is 18.9 Å². The highest BCUT2D eigenvalue weighted by molar-refractivity contribution is 5.74. The molecular weight excluding hydrogens is 318 g/mol. The lowest BCUT2D eigenvalue weighted by molar-refractivity contribution is 0.324. The number of benzene rings is 2. The summed E-state index contributed by atoms with van der Waals surface area (Å²) >= 11 is 0. The van der Waals surface area contributed by atoms with E-state index in [0.29, 0.717) is 28.7 Å². The second kappa shape index (κ2) is 10.1. The van der Waals surface area contributed by atoms with E-state index in [0.717, 1.165) is 11.1 Å². The molecule has 0 fully saturated rings. The maximum absolute atomic E-state index is 5.91. The zero-order valence-electron chi connectivity index (χ0n) is 15.8. The number of hydrogen-bond acceptors (Lipinski definition) is 5. The van der Waals surface area contributed by atoms with Gasteiger partial charge in [0.15, 0.2) is 11.5 Å². The summed E-state index contributed by atoms with van der Waals surface area (Å²) in [7, 11) is 6.36. The highest BCUT2D eigenvalue weighted by Gasteiger charge is 2.11. The third-order valence-electron chi connectivity index (χ3n) is 3.41. The van der Waals surface area contributed by atoms with Crippen molar-refractivity contribution in [3.8, 4) is 23.0 Å². The van der Waals surface area contributed by atoms with Crippen LogP contribution in [0.4, 0.5) is 5.69 Å². The number of anilines is 1. The van der Waals surface area contributed by atoms with Crippen molar-refractivity contribution in [1.82, 2.24) is 0 Å². The Kier molecular flexibility index (Phi) is 8.19. The van der Waals surface area contributed by atoms with E-state index in [1.54, 1.807) is 28.4 Å². The molecule has 0 aromatic heterocycles. The fourth-order valence-electron chi connectivity index (χ4n) is 2.25. The van der Waals surface area contributed by atoms with E-state index in [9.17, 15) is 0 Å². The Hall–Kier alpha value is -2.82.